The molecule has 9 nitrogen and oxygen atoms in total. The quantitative estimate of drug-likeness (QED) is 0.647. The molecule has 2 rings (SSSR count). The Kier molecular flexibility index (Phi) is 3.65. The number of carbonyl (C=O) groups is 2. The molecule has 1 aromatic heterocycles. The zero-order valence-corrected chi connectivity index (χ0v) is 10.7. The highest BCUT2D eigenvalue weighted by Crippen LogP contribution is 2.21. The minimum Gasteiger partial charge on any atom is -0.475 e. The monoisotopic (exact) mass is 291 g/mol. The number of carboxylic acid groups (broad SMARTS) is 1. The first kappa shape index (κ1) is 14.2. The molecule has 0 aliphatic carbocycles. The van der Waals surface area contributed by atoms with E-state index < -0.39 is 22.6 Å². The number of aryl methyl sites for hydroxylation is 1. The second kappa shape index (κ2) is 5.41. The molecule has 0 unspecified atom stereocenters. The molecular weight excluding hydrogens is 282 g/mol. The summed E-state index contributed by atoms with van der Waals surface area (Å²) in [5.41, 5.74) is 0.537. The van der Waals surface area contributed by atoms with Crippen molar-refractivity contribution >= 4 is 23.3 Å². The van der Waals surface area contributed by atoms with Gasteiger partial charge in [0.25, 0.3) is 11.6 Å². The van der Waals surface area contributed by atoms with E-state index in [0.29, 0.717) is 11.3 Å². The summed E-state index contributed by atoms with van der Waals surface area (Å²) in [5.74, 6) is -2.48. The van der Waals surface area contributed by atoms with E-state index in [0.717, 1.165) is 6.07 Å². The second-order valence-electron chi connectivity index (χ2n) is 4.09. The van der Waals surface area contributed by atoms with Gasteiger partial charge in [0, 0.05) is 23.9 Å². The number of amides is 1. The van der Waals surface area contributed by atoms with Gasteiger partial charge in [0.05, 0.1) is 4.92 Å². The molecular formula is C12H9N3O6. The smallest absolute Gasteiger partial charge is 0.374 e. The lowest BCUT2D eigenvalue weighted by Gasteiger charge is -2.06. The molecule has 2 aromatic rings. The van der Waals surface area contributed by atoms with Gasteiger partial charge < -0.3 is 14.9 Å². The molecule has 1 heterocycles. The average molecular weight is 291 g/mol. The lowest BCUT2D eigenvalue weighted by atomic mass is 10.1. The van der Waals surface area contributed by atoms with Crippen LogP contribution in [-0.2, 0) is 0 Å². The number of nitro benzene ring substituents is 1. The molecule has 0 spiro atoms. The van der Waals surface area contributed by atoms with Crippen molar-refractivity contribution in [2.75, 3.05) is 5.32 Å². The van der Waals surface area contributed by atoms with Crippen LogP contribution in [-0.4, -0.2) is 27.1 Å². The number of hydrogen-bond acceptors (Lipinski definition) is 6. The van der Waals surface area contributed by atoms with E-state index >= 15 is 0 Å². The summed E-state index contributed by atoms with van der Waals surface area (Å²) >= 11 is 0. The summed E-state index contributed by atoms with van der Waals surface area (Å²) in [5, 5.41) is 25.1. The van der Waals surface area contributed by atoms with Gasteiger partial charge in [0.15, 0.2) is 5.69 Å². The highest BCUT2D eigenvalue weighted by Gasteiger charge is 2.17. The second-order valence-corrected chi connectivity index (χ2v) is 4.09. The lowest BCUT2D eigenvalue weighted by molar-refractivity contribution is -0.384. The fourth-order valence-corrected chi connectivity index (χ4v) is 1.57. The van der Waals surface area contributed by atoms with Gasteiger partial charge >= 0.3 is 5.97 Å². The van der Waals surface area contributed by atoms with Gasteiger partial charge in [-0.05, 0) is 18.6 Å². The fourth-order valence-electron chi connectivity index (χ4n) is 1.57. The molecule has 1 aromatic carbocycles. The zero-order valence-electron chi connectivity index (χ0n) is 10.7. The minimum absolute atomic E-state index is 0.0971. The Morgan fingerprint density at radius 3 is 2.62 bits per heavy atom. The molecule has 0 bridgehead atoms. The number of nitrogens with one attached hydrogen (secondary N) is 1. The number of carbonyl (C=O) groups excluding carboxylic acids is 1. The van der Waals surface area contributed by atoms with Gasteiger partial charge in [0.2, 0.25) is 5.76 Å². The van der Waals surface area contributed by atoms with Gasteiger partial charge in [-0.2, -0.15) is 0 Å². The average Bonchev–Trinajstić information content (AvgIpc) is 2.90. The standard InChI is InChI=1S/C12H9N3O6/c1-6-4-7(15(19)20)2-3-8(6)13-11(16)9-5-10(12(17)18)21-14-9/h2-5H,1H3,(H,13,16)(H,17,18). The number of hydrogen-bond donors (Lipinski definition) is 2. The number of nitrogens with zero attached hydrogens (tertiary/aromatic N) is 2. The van der Waals surface area contributed by atoms with Gasteiger partial charge in [0.1, 0.15) is 0 Å². The fraction of sp³-hybridized carbons (Fsp3) is 0.0833. The van der Waals surface area contributed by atoms with Gasteiger partial charge in [-0.1, -0.05) is 5.16 Å². The van der Waals surface area contributed by atoms with E-state index in [4.69, 9.17) is 5.11 Å². The van der Waals surface area contributed by atoms with E-state index in [9.17, 15) is 19.7 Å². The summed E-state index contributed by atoms with van der Waals surface area (Å²) in [6.45, 7) is 1.59. The van der Waals surface area contributed by atoms with Crippen LogP contribution in [0.2, 0.25) is 0 Å². The number of anilines is 1. The van der Waals surface area contributed by atoms with E-state index in [1.165, 1.54) is 18.2 Å². The molecule has 0 radical (unpaired) electrons. The molecule has 0 saturated carbocycles. The normalized spacial score (nSPS) is 10.1. The Hall–Kier alpha value is -3.23. The Labute approximate surface area is 117 Å². The van der Waals surface area contributed by atoms with Crippen LogP contribution in [0.1, 0.15) is 26.6 Å². The van der Waals surface area contributed by atoms with Crippen LogP contribution in [0, 0.1) is 17.0 Å². The summed E-state index contributed by atoms with van der Waals surface area (Å²) in [6.07, 6.45) is 0. The van der Waals surface area contributed by atoms with Crippen molar-refractivity contribution in [3.05, 3.63) is 51.4 Å². The third-order valence-corrected chi connectivity index (χ3v) is 2.62. The number of benzene rings is 1. The molecule has 2 N–H and O–H groups in total. The van der Waals surface area contributed by atoms with Crippen LogP contribution >= 0.6 is 0 Å². The van der Waals surface area contributed by atoms with Crippen molar-refractivity contribution < 1.29 is 24.1 Å². The van der Waals surface area contributed by atoms with E-state index in [1.807, 2.05) is 0 Å². The Morgan fingerprint density at radius 2 is 2.10 bits per heavy atom. The number of rotatable bonds is 4. The van der Waals surface area contributed by atoms with Gasteiger partial charge in [-0.25, -0.2) is 4.79 Å². The summed E-state index contributed by atoms with van der Waals surface area (Å²) in [6, 6.07) is 4.91. The van der Waals surface area contributed by atoms with Gasteiger partial charge in [-0.3, -0.25) is 14.9 Å². The molecule has 21 heavy (non-hydrogen) atoms. The molecule has 9 heteroatoms. The largest absolute Gasteiger partial charge is 0.475 e. The number of aromatic carboxylic acids is 1. The van der Waals surface area contributed by atoms with E-state index in [1.54, 1.807) is 6.92 Å². The first-order chi connectivity index (χ1) is 9.88. The van der Waals surface area contributed by atoms with Crippen LogP contribution in [0.3, 0.4) is 0 Å². The molecule has 0 aliphatic heterocycles. The molecule has 0 saturated heterocycles. The van der Waals surface area contributed by atoms with E-state index in [-0.39, 0.29) is 11.4 Å². The summed E-state index contributed by atoms with van der Waals surface area (Å²) in [7, 11) is 0. The van der Waals surface area contributed by atoms with E-state index in [2.05, 4.69) is 15.0 Å². The third-order valence-electron chi connectivity index (χ3n) is 2.62. The maximum absolute atomic E-state index is 11.9. The molecule has 108 valence electrons. The number of aromatic nitrogens is 1. The molecule has 0 aliphatic rings. The molecule has 1 amide bonds. The first-order valence-corrected chi connectivity index (χ1v) is 5.65. The highest BCUT2D eigenvalue weighted by molar-refractivity contribution is 6.04. The van der Waals surface area contributed by atoms with Crippen molar-refractivity contribution in [3.8, 4) is 0 Å². The predicted molar refractivity (Wildman–Crippen MR) is 69.2 cm³/mol. The van der Waals surface area contributed by atoms with Crippen LogP contribution in [0.15, 0.2) is 28.8 Å². The van der Waals surface area contributed by atoms with Crippen LogP contribution < -0.4 is 5.32 Å². The number of carboxylic acids is 1. The third kappa shape index (κ3) is 3.03. The van der Waals surface area contributed by atoms with Crippen molar-refractivity contribution in [2.45, 2.75) is 6.92 Å². The van der Waals surface area contributed by atoms with Crippen LogP contribution in [0.4, 0.5) is 11.4 Å². The molecule has 0 fully saturated rings. The van der Waals surface area contributed by atoms with Crippen molar-refractivity contribution in [1.82, 2.24) is 5.16 Å². The lowest BCUT2D eigenvalue weighted by Crippen LogP contribution is -2.13. The Balaban J connectivity index is 2.19. The Bertz CT molecular complexity index is 736. The van der Waals surface area contributed by atoms with Crippen LogP contribution in [0.25, 0.3) is 0 Å². The predicted octanol–water partition coefficient (Wildman–Crippen LogP) is 1.84. The van der Waals surface area contributed by atoms with Gasteiger partial charge in [-0.15, -0.1) is 0 Å². The summed E-state index contributed by atoms with van der Waals surface area (Å²) < 4.78 is 4.47. The van der Waals surface area contributed by atoms with Crippen molar-refractivity contribution in [2.24, 2.45) is 0 Å². The SMILES string of the molecule is Cc1cc([N+](=O)[O-])ccc1NC(=O)c1cc(C(=O)O)on1. The van der Waals surface area contributed by atoms with Crippen LogP contribution in [0.5, 0.6) is 0 Å². The minimum atomic E-state index is -1.34. The first-order valence-electron chi connectivity index (χ1n) is 5.65. The van der Waals surface area contributed by atoms with Crippen molar-refractivity contribution in [3.63, 3.8) is 0 Å². The topological polar surface area (TPSA) is 136 Å². The Morgan fingerprint density at radius 1 is 1.38 bits per heavy atom. The zero-order chi connectivity index (χ0) is 15.6. The highest BCUT2D eigenvalue weighted by atomic mass is 16.6. The number of nitro groups is 1. The molecule has 0 atom stereocenters. The maximum Gasteiger partial charge on any atom is 0.374 e. The number of non-ortho nitro benzene ring substituents is 1. The summed E-state index contributed by atoms with van der Waals surface area (Å²) in [4.78, 5) is 32.6. The maximum atomic E-state index is 11.9. The van der Waals surface area contributed by atoms with Crippen molar-refractivity contribution in [1.29, 1.82) is 0 Å².